The molecule has 1 aliphatic carbocycles. The number of fused-ring (bicyclic) bond motifs is 1. The zero-order valence-electron chi connectivity index (χ0n) is 15.4. The number of aryl methyl sites for hydroxylation is 3. The van der Waals surface area contributed by atoms with Crippen LogP contribution in [0.4, 0.5) is 0 Å². The molecule has 0 amide bonds. The molecule has 3 rings (SSSR count). The van der Waals surface area contributed by atoms with Gasteiger partial charge >= 0.3 is 0 Å². The van der Waals surface area contributed by atoms with Gasteiger partial charge in [-0.3, -0.25) is 0 Å². The maximum atomic E-state index is 3.97. The molecule has 24 heavy (non-hydrogen) atoms. The summed E-state index contributed by atoms with van der Waals surface area (Å²) in [6, 6.07) is 17.2. The largest absolute Gasteiger partial charge is 0.0999 e. The maximum Gasteiger partial charge on any atom is -0.0198 e. The van der Waals surface area contributed by atoms with Gasteiger partial charge in [0.1, 0.15) is 0 Å². The number of benzene rings is 2. The fraction of sp³-hybridized carbons (Fsp3) is 0.333. The van der Waals surface area contributed by atoms with Gasteiger partial charge in [-0.05, 0) is 67.7 Å². The van der Waals surface area contributed by atoms with Crippen LogP contribution in [0.25, 0.3) is 6.08 Å². The van der Waals surface area contributed by atoms with Gasteiger partial charge in [0.25, 0.3) is 0 Å². The van der Waals surface area contributed by atoms with Gasteiger partial charge in [-0.25, -0.2) is 0 Å². The summed E-state index contributed by atoms with van der Waals surface area (Å²) in [5.74, 6) is 0.639. The summed E-state index contributed by atoms with van der Waals surface area (Å²) in [4.78, 5) is 0. The van der Waals surface area contributed by atoms with Crippen molar-refractivity contribution in [3.8, 4) is 0 Å². The summed E-state index contributed by atoms with van der Waals surface area (Å²) in [5.41, 5.74) is 7.07. The van der Waals surface area contributed by atoms with Gasteiger partial charge in [-0.1, -0.05) is 79.8 Å². The normalized spacial score (nSPS) is 13.5. The van der Waals surface area contributed by atoms with Gasteiger partial charge in [-0.15, -0.1) is 0 Å². The van der Waals surface area contributed by atoms with E-state index in [2.05, 4.69) is 88.0 Å². The standard InChI is InChI=1S/C13H18.C11H12/c1-11(2)12(3)9-10-13-7-5-4-6-8-13;1-9-5-4-7-10-6-2-3-8-11(9)10/h4-8,12H,1,9-10H2,2-3H3;3-5,7-8H,2,6H2,1H3. The van der Waals surface area contributed by atoms with Crippen LogP contribution >= 0.6 is 0 Å². The Hall–Kier alpha value is -2.08. The minimum absolute atomic E-state index is 0.639. The maximum absolute atomic E-state index is 3.97. The molecule has 0 N–H and O–H groups in total. The Morgan fingerprint density at radius 1 is 1.08 bits per heavy atom. The van der Waals surface area contributed by atoms with Crippen molar-refractivity contribution in [3.05, 3.63) is 89.0 Å². The molecule has 0 fully saturated rings. The van der Waals surface area contributed by atoms with Gasteiger partial charge in [0, 0.05) is 0 Å². The minimum atomic E-state index is 0.639. The number of rotatable bonds is 4. The van der Waals surface area contributed by atoms with Crippen LogP contribution in [0.15, 0.2) is 66.8 Å². The van der Waals surface area contributed by atoms with Crippen molar-refractivity contribution in [2.45, 2.75) is 46.5 Å². The third-order valence-corrected chi connectivity index (χ3v) is 4.83. The first-order valence-electron chi connectivity index (χ1n) is 9.02. The summed E-state index contributed by atoms with van der Waals surface area (Å²) in [7, 11) is 0. The van der Waals surface area contributed by atoms with Gasteiger partial charge in [0.15, 0.2) is 0 Å². The highest BCUT2D eigenvalue weighted by Crippen LogP contribution is 2.21. The fourth-order valence-corrected chi connectivity index (χ4v) is 2.91. The predicted octanol–water partition coefficient (Wildman–Crippen LogP) is 6.79. The highest BCUT2D eigenvalue weighted by molar-refractivity contribution is 5.59. The lowest BCUT2D eigenvalue weighted by molar-refractivity contribution is 0.615. The number of hydrogen-bond acceptors (Lipinski definition) is 0. The summed E-state index contributed by atoms with van der Waals surface area (Å²) < 4.78 is 0. The van der Waals surface area contributed by atoms with Gasteiger partial charge < -0.3 is 0 Å². The van der Waals surface area contributed by atoms with Gasteiger partial charge in [0.05, 0.1) is 0 Å². The van der Waals surface area contributed by atoms with Crippen LogP contribution in [-0.4, -0.2) is 0 Å². The van der Waals surface area contributed by atoms with E-state index in [1.807, 2.05) is 0 Å². The molecule has 1 atom stereocenters. The van der Waals surface area contributed by atoms with Crippen molar-refractivity contribution in [2.24, 2.45) is 5.92 Å². The Kier molecular flexibility index (Phi) is 7.06. The minimum Gasteiger partial charge on any atom is -0.0999 e. The lowest BCUT2D eigenvalue weighted by Crippen LogP contribution is -1.97. The molecule has 0 aliphatic heterocycles. The van der Waals surface area contributed by atoms with E-state index < -0.39 is 0 Å². The lowest BCUT2D eigenvalue weighted by atomic mass is 9.94. The van der Waals surface area contributed by atoms with Crippen LogP contribution in [0.1, 0.15) is 48.9 Å². The predicted molar refractivity (Wildman–Crippen MR) is 107 cm³/mol. The van der Waals surface area contributed by atoms with E-state index in [0.717, 1.165) is 6.42 Å². The highest BCUT2D eigenvalue weighted by atomic mass is 14.1. The van der Waals surface area contributed by atoms with Crippen molar-refractivity contribution in [1.82, 2.24) is 0 Å². The molecular formula is C24H30. The monoisotopic (exact) mass is 318 g/mol. The molecule has 2 aromatic carbocycles. The Labute approximate surface area is 147 Å². The van der Waals surface area contributed by atoms with Crippen LogP contribution in [0.5, 0.6) is 0 Å². The molecule has 0 aromatic heterocycles. The van der Waals surface area contributed by atoms with Crippen LogP contribution in [-0.2, 0) is 12.8 Å². The molecule has 0 heterocycles. The molecule has 1 aliphatic rings. The zero-order chi connectivity index (χ0) is 17.4. The number of allylic oxidation sites excluding steroid dienone is 2. The Morgan fingerprint density at radius 2 is 1.83 bits per heavy atom. The molecule has 2 aromatic rings. The van der Waals surface area contributed by atoms with Crippen molar-refractivity contribution >= 4 is 6.08 Å². The Balaban J connectivity index is 0.000000175. The van der Waals surface area contributed by atoms with E-state index >= 15 is 0 Å². The van der Waals surface area contributed by atoms with Gasteiger partial charge in [0.2, 0.25) is 0 Å². The van der Waals surface area contributed by atoms with E-state index in [1.165, 1.54) is 47.1 Å². The second-order valence-corrected chi connectivity index (χ2v) is 6.86. The summed E-state index contributed by atoms with van der Waals surface area (Å²) >= 11 is 0. The fourth-order valence-electron chi connectivity index (χ4n) is 2.91. The van der Waals surface area contributed by atoms with Crippen LogP contribution in [0.2, 0.25) is 0 Å². The Morgan fingerprint density at radius 3 is 2.50 bits per heavy atom. The topological polar surface area (TPSA) is 0 Å². The molecule has 0 saturated carbocycles. The van der Waals surface area contributed by atoms with Gasteiger partial charge in [-0.2, -0.15) is 0 Å². The third kappa shape index (κ3) is 5.53. The van der Waals surface area contributed by atoms with Crippen molar-refractivity contribution in [3.63, 3.8) is 0 Å². The zero-order valence-corrected chi connectivity index (χ0v) is 15.4. The SMILES string of the molecule is C=C(C)C(C)CCc1ccccc1.Cc1cccc2c1C=CCC2. The lowest BCUT2D eigenvalue weighted by Gasteiger charge is -2.11. The van der Waals surface area contributed by atoms with E-state index in [9.17, 15) is 0 Å². The molecule has 0 nitrogen and oxygen atoms in total. The average Bonchev–Trinajstić information content (AvgIpc) is 2.61. The second kappa shape index (κ2) is 9.27. The van der Waals surface area contributed by atoms with Crippen LogP contribution in [0, 0.1) is 12.8 Å². The highest BCUT2D eigenvalue weighted by Gasteiger charge is 2.04. The van der Waals surface area contributed by atoms with Crippen LogP contribution < -0.4 is 0 Å². The summed E-state index contributed by atoms with van der Waals surface area (Å²) in [6.07, 6.45) is 9.29. The Bertz CT molecular complexity index is 676. The van der Waals surface area contributed by atoms with Crippen LogP contribution in [0.3, 0.4) is 0 Å². The average molecular weight is 319 g/mol. The summed E-state index contributed by atoms with van der Waals surface area (Å²) in [5, 5.41) is 0. The number of hydrogen-bond donors (Lipinski definition) is 0. The third-order valence-electron chi connectivity index (χ3n) is 4.83. The van der Waals surface area contributed by atoms with E-state index in [0.29, 0.717) is 5.92 Å². The first kappa shape index (κ1) is 18.3. The van der Waals surface area contributed by atoms with E-state index in [4.69, 9.17) is 0 Å². The molecule has 0 saturated heterocycles. The molecule has 0 radical (unpaired) electrons. The molecular weight excluding hydrogens is 288 g/mol. The van der Waals surface area contributed by atoms with Crippen molar-refractivity contribution in [2.75, 3.05) is 0 Å². The smallest absolute Gasteiger partial charge is 0.0198 e. The molecule has 0 spiro atoms. The first-order chi connectivity index (χ1) is 11.6. The molecule has 126 valence electrons. The van der Waals surface area contributed by atoms with Crippen molar-refractivity contribution in [1.29, 1.82) is 0 Å². The molecule has 0 heteroatoms. The molecule has 1 unspecified atom stereocenters. The van der Waals surface area contributed by atoms with Crippen molar-refractivity contribution < 1.29 is 0 Å². The molecule has 0 bridgehead atoms. The van der Waals surface area contributed by atoms with E-state index in [1.54, 1.807) is 0 Å². The quantitative estimate of drug-likeness (QED) is 0.545. The summed E-state index contributed by atoms with van der Waals surface area (Å²) in [6.45, 7) is 10.5. The first-order valence-corrected chi connectivity index (χ1v) is 9.02. The van der Waals surface area contributed by atoms with E-state index in [-0.39, 0.29) is 0 Å². The second-order valence-electron chi connectivity index (χ2n) is 6.86.